The van der Waals surface area contributed by atoms with E-state index in [1.165, 1.54) is 0 Å². The first-order valence-electron chi connectivity index (χ1n) is 5.50. The van der Waals surface area contributed by atoms with E-state index >= 15 is 0 Å². The monoisotopic (exact) mass is 213 g/mol. The van der Waals surface area contributed by atoms with Crippen molar-refractivity contribution in [2.24, 2.45) is 0 Å². The molecule has 1 aromatic carbocycles. The van der Waals surface area contributed by atoms with Crippen molar-refractivity contribution < 1.29 is 4.74 Å². The molecule has 0 saturated carbocycles. The van der Waals surface area contributed by atoms with E-state index in [9.17, 15) is 0 Å². The average Bonchev–Trinajstić information content (AvgIpc) is 2.32. The third-order valence-electron chi connectivity index (χ3n) is 2.39. The molecule has 0 aliphatic rings. The Kier molecular flexibility index (Phi) is 3.20. The van der Waals surface area contributed by atoms with Crippen molar-refractivity contribution in [3.8, 4) is 5.75 Å². The molecule has 2 rings (SSSR count). The lowest BCUT2D eigenvalue weighted by atomic mass is 10.1. The molecule has 2 nitrogen and oxygen atoms in total. The van der Waals surface area contributed by atoms with Gasteiger partial charge in [0, 0.05) is 17.1 Å². The molecule has 1 heterocycles. The third-order valence-corrected chi connectivity index (χ3v) is 2.39. The first-order valence-corrected chi connectivity index (χ1v) is 5.50. The van der Waals surface area contributed by atoms with Crippen molar-refractivity contribution in [1.82, 2.24) is 4.98 Å². The zero-order chi connectivity index (χ0) is 11.4. The van der Waals surface area contributed by atoms with Crippen LogP contribution in [0.4, 0.5) is 0 Å². The van der Waals surface area contributed by atoms with Gasteiger partial charge in [0.25, 0.3) is 0 Å². The van der Waals surface area contributed by atoms with E-state index in [0.717, 1.165) is 22.2 Å². The summed E-state index contributed by atoms with van der Waals surface area (Å²) < 4.78 is 5.69. The molecular weight excluding hydrogens is 198 g/mol. The highest BCUT2D eigenvalue weighted by Crippen LogP contribution is 2.29. The van der Waals surface area contributed by atoms with Crippen molar-refractivity contribution in [1.29, 1.82) is 0 Å². The molecular formula is C14H15NO. The first-order chi connectivity index (χ1) is 7.86. The summed E-state index contributed by atoms with van der Waals surface area (Å²) in [6, 6.07) is 8.12. The molecule has 16 heavy (non-hydrogen) atoms. The van der Waals surface area contributed by atoms with Gasteiger partial charge in [-0.15, -0.1) is 0 Å². The maximum Gasteiger partial charge on any atom is 0.152 e. The number of ether oxygens (including phenoxy) is 1. The summed E-state index contributed by atoms with van der Waals surface area (Å²) in [7, 11) is 0. The minimum Gasteiger partial charge on any atom is -0.491 e. The molecule has 0 saturated heterocycles. The van der Waals surface area contributed by atoms with Crippen LogP contribution in [0.3, 0.4) is 0 Å². The first kappa shape index (κ1) is 10.7. The Morgan fingerprint density at radius 3 is 2.94 bits per heavy atom. The van der Waals surface area contributed by atoms with Gasteiger partial charge < -0.3 is 4.74 Å². The Bertz CT molecular complexity index is 517. The summed E-state index contributed by atoms with van der Waals surface area (Å²) in [5.41, 5.74) is 2.01. The second-order valence-corrected chi connectivity index (χ2v) is 3.49. The quantitative estimate of drug-likeness (QED) is 0.776. The van der Waals surface area contributed by atoms with Crippen LogP contribution in [0.2, 0.25) is 0 Å². The van der Waals surface area contributed by atoms with Gasteiger partial charge in [-0.25, -0.2) is 0 Å². The summed E-state index contributed by atoms with van der Waals surface area (Å²) in [5, 5.41) is 1.11. The van der Waals surface area contributed by atoms with Crippen LogP contribution in [0.15, 0.2) is 36.5 Å². The standard InChI is InChI=1S/C14H15NO/c1-3-6-12-9-8-11-7-5-10-15-13(11)14(12)16-4-2/h3,5-10H,4H2,1-2H3/b6-3+. The van der Waals surface area contributed by atoms with Gasteiger partial charge >= 0.3 is 0 Å². The van der Waals surface area contributed by atoms with Gasteiger partial charge in [0.2, 0.25) is 0 Å². The molecule has 2 aromatic rings. The van der Waals surface area contributed by atoms with Crippen molar-refractivity contribution in [3.05, 3.63) is 42.1 Å². The number of benzene rings is 1. The average molecular weight is 213 g/mol. The van der Waals surface area contributed by atoms with Gasteiger partial charge in [-0.3, -0.25) is 4.98 Å². The Hall–Kier alpha value is -1.83. The summed E-state index contributed by atoms with van der Waals surface area (Å²) >= 11 is 0. The van der Waals surface area contributed by atoms with Crippen LogP contribution in [0, 0.1) is 0 Å². The lowest BCUT2D eigenvalue weighted by Crippen LogP contribution is -1.96. The number of pyridine rings is 1. The van der Waals surface area contributed by atoms with Gasteiger partial charge in [0.15, 0.2) is 5.75 Å². The number of fused-ring (bicyclic) bond motifs is 1. The Balaban J connectivity index is 2.68. The molecule has 1 aromatic heterocycles. The number of allylic oxidation sites excluding steroid dienone is 1. The van der Waals surface area contributed by atoms with Crippen LogP contribution in [0.1, 0.15) is 19.4 Å². The SMILES string of the molecule is C/C=C/c1ccc2cccnc2c1OCC. The third kappa shape index (κ3) is 1.91. The summed E-state index contributed by atoms with van der Waals surface area (Å²) in [6.07, 6.45) is 5.84. The minimum atomic E-state index is 0.653. The van der Waals surface area contributed by atoms with E-state index in [1.54, 1.807) is 6.20 Å². The van der Waals surface area contributed by atoms with Crippen molar-refractivity contribution in [3.63, 3.8) is 0 Å². The number of nitrogens with zero attached hydrogens (tertiary/aromatic N) is 1. The van der Waals surface area contributed by atoms with E-state index in [1.807, 2.05) is 38.1 Å². The number of hydrogen-bond donors (Lipinski definition) is 0. The molecule has 2 heteroatoms. The van der Waals surface area contributed by atoms with Crippen LogP contribution < -0.4 is 4.74 Å². The topological polar surface area (TPSA) is 22.1 Å². The highest BCUT2D eigenvalue weighted by molar-refractivity contribution is 5.88. The Morgan fingerprint density at radius 2 is 2.19 bits per heavy atom. The second kappa shape index (κ2) is 4.79. The van der Waals surface area contributed by atoms with Gasteiger partial charge in [0.05, 0.1) is 6.61 Å². The van der Waals surface area contributed by atoms with Crippen LogP contribution in [-0.4, -0.2) is 11.6 Å². The van der Waals surface area contributed by atoms with Crippen LogP contribution in [-0.2, 0) is 0 Å². The van der Waals surface area contributed by atoms with Crippen LogP contribution in [0.5, 0.6) is 5.75 Å². The summed E-state index contributed by atoms with van der Waals surface area (Å²) in [6.45, 7) is 4.64. The minimum absolute atomic E-state index is 0.653. The Labute approximate surface area is 95.6 Å². The van der Waals surface area contributed by atoms with Gasteiger partial charge in [-0.1, -0.05) is 30.4 Å². The fourth-order valence-corrected chi connectivity index (χ4v) is 1.74. The van der Waals surface area contributed by atoms with Crippen molar-refractivity contribution in [2.75, 3.05) is 6.61 Å². The smallest absolute Gasteiger partial charge is 0.152 e. The molecule has 0 fully saturated rings. The zero-order valence-corrected chi connectivity index (χ0v) is 9.60. The zero-order valence-electron chi connectivity index (χ0n) is 9.60. The maximum absolute atomic E-state index is 5.69. The number of rotatable bonds is 3. The van der Waals surface area contributed by atoms with E-state index in [4.69, 9.17) is 4.74 Å². The molecule has 0 aliphatic heterocycles. The summed E-state index contributed by atoms with van der Waals surface area (Å²) in [4.78, 5) is 4.38. The maximum atomic E-state index is 5.69. The Morgan fingerprint density at radius 1 is 1.31 bits per heavy atom. The second-order valence-electron chi connectivity index (χ2n) is 3.49. The fraction of sp³-hybridized carbons (Fsp3) is 0.214. The van der Waals surface area contributed by atoms with E-state index < -0.39 is 0 Å². The van der Waals surface area contributed by atoms with Crippen molar-refractivity contribution >= 4 is 17.0 Å². The van der Waals surface area contributed by atoms with Gasteiger partial charge in [-0.05, 0) is 19.9 Å². The van der Waals surface area contributed by atoms with E-state index in [0.29, 0.717) is 6.61 Å². The molecule has 0 radical (unpaired) electrons. The fourth-order valence-electron chi connectivity index (χ4n) is 1.74. The van der Waals surface area contributed by atoms with Gasteiger partial charge in [0.1, 0.15) is 5.52 Å². The van der Waals surface area contributed by atoms with E-state index in [2.05, 4.69) is 17.1 Å². The number of hydrogen-bond acceptors (Lipinski definition) is 2. The predicted octanol–water partition coefficient (Wildman–Crippen LogP) is 3.67. The molecule has 0 bridgehead atoms. The molecule has 0 N–H and O–H groups in total. The molecule has 0 amide bonds. The summed E-state index contributed by atoms with van der Waals surface area (Å²) in [5.74, 6) is 0.874. The largest absolute Gasteiger partial charge is 0.491 e. The van der Waals surface area contributed by atoms with Crippen molar-refractivity contribution in [2.45, 2.75) is 13.8 Å². The van der Waals surface area contributed by atoms with Crippen LogP contribution in [0.25, 0.3) is 17.0 Å². The number of aromatic nitrogens is 1. The molecule has 0 atom stereocenters. The molecule has 0 aliphatic carbocycles. The highest BCUT2D eigenvalue weighted by Gasteiger charge is 2.06. The van der Waals surface area contributed by atoms with Gasteiger partial charge in [-0.2, -0.15) is 0 Å². The molecule has 82 valence electrons. The lowest BCUT2D eigenvalue weighted by Gasteiger charge is -2.09. The normalized spacial score (nSPS) is 11.1. The lowest BCUT2D eigenvalue weighted by molar-refractivity contribution is 0.343. The predicted molar refractivity (Wildman–Crippen MR) is 67.6 cm³/mol. The van der Waals surface area contributed by atoms with E-state index in [-0.39, 0.29) is 0 Å². The molecule has 0 spiro atoms. The molecule has 0 unspecified atom stereocenters. The highest BCUT2D eigenvalue weighted by atomic mass is 16.5. The van der Waals surface area contributed by atoms with Crippen LogP contribution >= 0.6 is 0 Å².